The fourth-order valence-corrected chi connectivity index (χ4v) is 4.73. The van der Waals surface area contributed by atoms with Crippen molar-refractivity contribution in [3.05, 3.63) is 58.6 Å². The summed E-state index contributed by atoms with van der Waals surface area (Å²) in [6, 6.07) is 10.4. The molecule has 0 aliphatic carbocycles. The van der Waals surface area contributed by atoms with Crippen LogP contribution in [0.4, 0.5) is 5.69 Å². The van der Waals surface area contributed by atoms with Crippen molar-refractivity contribution in [2.24, 2.45) is 0 Å². The lowest BCUT2D eigenvalue weighted by Gasteiger charge is -2.15. The topological polar surface area (TPSA) is 110 Å². The maximum atomic E-state index is 12.5. The molecule has 0 saturated heterocycles. The van der Waals surface area contributed by atoms with Crippen LogP contribution in [0.15, 0.2) is 47.4 Å². The van der Waals surface area contributed by atoms with Crippen LogP contribution in [-0.2, 0) is 19.6 Å². The molecule has 2 aromatic rings. The van der Waals surface area contributed by atoms with Gasteiger partial charge in [0.15, 0.2) is 0 Å². The van der Waals surface area contributed by atoms with Crippen LogP contribution in [0.25, 0.3) is 0 Å². The lowest BCUT2D eigenvalue weighted by atomic mass is 10.2. The van der Waals surface area contributed by atoms with E-state index < -0.39 is 27.8 Å². The Morgan fingerprint density at radius 3 is 2.59 bits per heavy atom. The molecule has 1 aliphatic rings. The molecule has 29 heavy (non-hydrogen) atoms. The molecule has 2 amide bonds. The minimum Gasteiger partial charge on any atom is -0.465 e. The molecule has 3 rings (SSSR count). The second-order valence-electron chi connectivity index (χ2n) is 6.22. The van der Waals surface area contributed by atoms with E-state index in [1.54, 1.807) is 12.1 Å². The lowest BCUT2D eigenvalue weighted by Crippen LogP contribution is -2.31. The lowest BCUT2D eigenvalue weighted by molar-refractivity contribution is -0.116. The number of fused-ring (bicyclic) bond motifs is 1. The Morgan fingerprint density at radius 2 is 1.90 bits per heavy atom. The Hall–Kier alpha value is -2.91. The van der Waals surface area contributed by atoms with Gasteiger partial charge in [0, 0.05) is 18.7 Å². The number of ether oxygens (including phenoxy) is 1. The van der Waals surface area contributed by atoms with Crippen molar-refractivity contribution in [3.63, 3.8) is 0 Å². The van der Waals surface area contributed by atoms with Gasteiger partial charge in [-0.1, -0.05) is 23.7 Å². The number of anilines is 1. The van der Waals surface area contributed by atoms with Gasteiger partial charge in [-0.3, -0.25) is 9.59 Å². The van der Waals surface area contributed by atoms with Crippen molar-refractivity contribution in [1.82, 2.24) is 4.31 Å². The van der Waals surface area contributed by atoms with Crippen LogP contribution in [0.5, 0.6) is 0 Å². The zero-order valence-electron chi connectivity index (χ0n) is 15.3. The van der Waals surface area contributed by atoms with Crippen LogP contribution in [0.3, 0.4) is 0 Å². The maximum absolute atomic E-state index is 12.5. The second-order valence-corrected chi connectivity index (χ2v) is 8.45. The number of nitrogens with zero attached hydrogens (tertiary/aromatic N) is 1. The van der Waals surface area contributed by atoms with Crippen LogP contribution in [0.1, 0.15) is 33.6 Å². The number of methoxy groups -OCH3 is 1. The molecule has 0 saturated carbocycles. The number of amides is 2. The Balaban J connectivity index is 1.60. The van der Waals surface area contributed by atoms with Gasteiger partial charge in [-0.2, -0.15) is 0 Å². The summed E-state index contributed by atoms with van der Waals surface area (Å²) in [4.78, 5) is 36.1. The van der Waals surface area contributed by atoms with Crippen molar-refractivity contribution >= 4 is 45.1 Å². The molecule has 152 valence electrons. The van der Waals surface area contributed by atoms with Gasteiger partial charge in [-0.25, -0.2) is 17.5 Å². The molecule has 1 heterocycles. The SMILES string of the molecule is COC(=O)c1cc(NC(=O)CCCN2C(=O)c3ccccc3S2(=O)=O)ccc1Cl. The van der Waals surface area contributed by atoms with E-state index in [0.717, 1.165) is 4.31 Å². The molecule has 10 heteroatoms. The molecule has 1 aliphatic heterocycles. The molecule has 0 fully saturated rings. The average molecular weight is 437 g/mol. The van der Waals surface area contributed by atoms with Crippen LogP contribution in [-0.4, -0.2) is 44.2 Å². The standard InChI is InChI=1S/C19H17ClN2O6S/c1-28-19(25)14-11-12(8-9-15(14)20)21-17(23)7-4-10-22-18(24)13-5-2-3-6-16(13)29(22,26)27/h2-3,5-6,8-9,11H,4,7,10H2,1H3,(H,21,23). The van der Waals surface area contributed by atoms with Gasteiger partial charge >= 0.3 is 5.97 Å². The third-order valence-corrected chi connectivity index (χ3v) is 6.50. The summed E-state index contributed by atoms with van der Waals surface area (Å²) >= 11 is 5.93. The molecule has 0 spiro atoms. The predicted octanol–water partition coefficient (Wildman–Crippen LogP) is 2.69. The molecule has 2 aromatic carbocycles. The first-order valence-corrected chi connectivity index (χ1v) is 10.4. The Labute approximate surface area is 172 Å². The van der Waals surface area contributed by atoms with Crippen molar-refractivity contribution in [2.75, 3.05) is 19.0 Å². The van der Waals surface area contributed by atoms with Gasteiger partial charge in [-0.05, 0) is 36.8 Å². The third kappa shape index (κ3) is 4.10. The smallest absolute Gasteiger partial charge is 0.339 e. The quantitative estimate of drug-likeness (QED) is 0.697. The van der Waals surface area contributed by atoms with E-state index in [0.29, 0.717) is 5.69 Å². The van der Waals surface area contributed by atoms with Gasteiger partial charge in [0.25, 0.3) is 15.9 Å². The number of hydrogen-bond acceptors (Lipinski definition) is 6. The number of benzene rings is 2. The fraction of sp³-hybridized carbons (Fsp3) is 0.211. The minimum absolute atomic E-state index is 0.0220. The Morgan fingerprint density at radius 1 is 1.17 bits per heavy atom. The minimum atomic E-state index is -3.89. The molecule has 0 radical (unpaired) electrons. The monoisotopic (exact) mass is 436 g/mol. The van der Waals surface area contributed by atoms with Crippen LogP contribution in [0, 0.1) is 0 Å². The van der Waals surface area contributed by atoms with E-state index in [1.165, 1.54) is 37.4 Å². The fourth-order valence-electron chi connectivity index (χ4n) is 2.93. The maximum Gasteiger partial charge on any atom is 0.339 e. The van der Waals surface area contributed by atoms with Crippen LogP contribution in [0.2, 0.25) is 5.02 Å². The zero-order chi connectivity index (χ0) is 21.2. The molecule has 1 N–H and O–H groups in total. The Bertz CT molecular complexity index is 1100. The highest BCUT2D eigenvalue weighted by Crippen LogP contribution is 2.30. The molecular weight excluding hydrogens is 420 g/mol. The van der Waals surface area contributed by atoms with Crippen molar-refractivity contribution < 1.29 is 27.5 Å². The first kappa shape index (κ1) is 20.8. The predicted molar refractivity (Wildman–Crippen MR) is 105 cm³/mol. The van der Waals surface area contributed by atoms with Crippen molar-refractivity contribution in [1.29, 1.82) is 0 Å². The summed E-state index contributed by atoms with van der Waals surface area (Å²) in [6.45, 7) is -0.114. The number of hydrogen-bond donors (Lipinski definition) is 1. The van der Waals surface area contributed by atoms with Gasteiger partial charge < -0.3 is 10.1 Å². The number of carbonyl (C=O) groups is 3. The summed E-state index contributed by atoms with van der Waals surface area (Å²) in [5.74, 6) is -1.63. The summed E-state index contributed by atoms with van der Waals surface area (Å²) in [5, 5.41) is 2.79. The third-order valence-electron chi connectivity index (χ3n) is 4.33. The normalized spacial score (nSPS) is 14.4. The second kappa shape index (κ2) is 8.22. The number of nitrogens with one attached hydrogen (secondary N) is 1. The molecule has 0 atom stereocenters. The van der Waals surface area contributed by atoms with E-state index in [9.17, 15) is 22.8 Å². The number of carbonyl (C=O) groups excluding carboxylic acids is 3. The van der Waals surface area contributed by atoms with E-state index >= 15 is 0 Å². The Kier molecular flexibility index (Phi) is 5.90. The highest BCUT2D eigenvalue weighted by Gasteiger charge is 2.40. The summed E-state index contributed by atoms with van der Waals surface area (Å²) in [6.07, 6.45) is 0.119. The number of halogens is 1. The van der Waals surface area contributed by atoms with Crippen molar-refractivity contribution in [3.8, 4) is 0 Å². The van der Waals surface area contributed by atoms with Gasteiger partial charge in [0.2, 0.25) is 5.91 Å². The highest BCUT2D eigenvalue weighted by atomic mass is 35.5. The van der Waals surface area contributed by atoms with E-state index in [1.807, 2.05) is 0 Å². The van der Waals surface area contributed by atoms with E-state index in [4.69, 9.17) is 11.6 Å². The van der Waals surface area contributed by atoms with Gasteiger partial charge in [0.1, 0.15) is 4.90 Å². The molecule has 0 aromatic heterocycles. The average Bonchev–Trinajstić information content (AvgIpc) is 2.89. The first-order valence-electron chi connectivity index (χ1n) is 8.59. The number of sulfonamides is 1. The van der Waals surface area contributed by atoms with Crippen LogP contribution >= 0.6 is 11.6 Å². The van der Waals surface area contributed by atoms with Gasteiger partial charge in [-0.15, -0.1) is 0 Å². The molecule has 8 nitrogen and oxygen atoms in total. The zero-order valence-corrected chi connectivity index (χ0v) is 16.9. The summed E-state index contributed by atoms with van der Waals surface area (Å²) < 4.78 is 30.3. The summed E-state index contributed by atoms with van der Waals surface area (Å²) in [7, 11) is -2.67. The van der Waals surface area contributed by atoms with Crippen LogP contribution < -0.4 is 5.32 Å². The number of esters is 1. The van der Waals surface area contributed by atoms with Crippen molar-refractivity contribution in [2.45, 2.75) is 17.7 Å². The largest absolute Gasteiger partial charge is 0.465 e. The first-order chi connectivity index (χ1) is 13.8. The summed E-state index contributed by atoms with van der Waals surface area (Å²) in [5.41, 5.74) is 0.587. The molecular formula is C19H17ClN2O6S. The number of rotatable bonds is 6. The molecule has 0 bridgehead atoms. The van der Waals surface area contributed by atoms with E-state index in [-0.39, 0.29) is 40.4 Å². The van der Waals surface area contributed by atoms with Gasteiger partial charge in [0.05, 0.1) is 23.3 Å². The molecule has 0 unspecified atom stereocenters. The highest BCUT2D eigenvalue weighted by molar-refractivity contribution is 7.90. The van der Waals surface area contributed by atoms with E-state index in [2.05, 4.69) is 10.1 Å².